The normalized spacial score (nSPS) is 14.5. The van der Waals surface area contributed by atoms with Crippen molar-refractivity contribution < 1.29 is 13.9 Å². The summed E-state index contributed by atoms with van der Waals surface area (Å²) in [6.45, 7) is 4.76. The SMILES string of the molecule is O=C(CCc1oc(-n2cnc3ccccc32)nc1-c1ccc(Cl)cc1)NCCN1CCOCC1. The Labute approximate surface area is 202 Å². The van der Waals surface area contributed by atoms with E-state index in [2.05, 4.69) is 15.2 Å². The van der Waals surface area contributed by atoms with Gasteiger partial charge in [0, 0.05) is 49.6 Å². The van der Waals surface area contributed by atoms with Gasteiger partial charge in [0.05, 0.1) is 24.2 Å². The summed E-state index contributed by atoms with van der Waals surface area (Å²) in [5.41, 5.74) is 3.34. The number of imidazole rings is 1. The van der Waals surface area contributed by atoms with Crippen LogP contribution in [0.3, 0.4) is 0 Å². The minimum absolute atomic E-state index is 0.0126. The van der Waals surface area contributed by atoms with E-state index >= 15 is 0 Å². The average molecular weight is 480 g/mol. The number of hydrogen-bond acceptors (Lipinski definition) is 6. The first-order valence-corrected chi connectivity index (χ1v) is 11.8. The first kappa shape index (κ1) is 22.6. The van der Waals surface area contributed by atoms with E-state index in [4.69, 9.17) is 25.7 Å². The second-order valence-corrected chi connectivity index (χ2v) is 8.62. The number of carbonyl (C=O) groups excluding carboxylic acids is 1. The molecule has 1 fully saturated rings. The predicted molar refractivity (Wildman–Crippen MR) is 130 cm³/mol. The first-order valence-electron chi connectivity index (χ1n) is 11.4. The maximum atomic E-state index is 12.5. The minimum Gasteiger partial charge on any atom is -0.427 e. The molecule has 0 aliphatic carbocycles. The third kappa shape index (κ3) is 5.14. The van der Waals surface area contributed by atoms with Crippen LogP contribution in [0.25, 0.3) is 28.3 Å². The molecule has 0 unspecified atom stereocenters. The number of benzene rings is 2. The van der Waals surface area contributed by atoms with Crippen molar-refractivity contribution in [3.63, 3.8) is 0 Å². The molecule has 4 aromatic rings. The number of nitrogens with one attached hydrogen (secondary N) is 1. The van der Waals surface area contributed by atoms with E-state index in [-0.39, 0.29) is 5.91 Å². The number of halogens is 1. The lowest BCUT2D eigenvalue weighted by Gasteiger charge is -2.26. The predicted octanol–water partition coefficient (Wildman–Crippen LogP) is 3.71. The standard InChI is InChI=1S/C25H26ClN5O3/c26-19-7-5-18(6-8-19)24-22(9-10-23(32)27-11-12-30-13-15-33-16-14-30)34-25(29-24)31-17-28-20-3-1-2-4-21(20)31/h1-8,17H,9-16H2,(H,27,32). The van der Waals surface area contributed by atoms with Gasteiger partial charge in [-0.2, -0.15) is 4.98 Å². The maximum Gasteiger partial charge on any atom is 0.308 e. The van der Waals surface area contributed by atoms with Crippen LogP contribution < -0.4 is 5.32 Å². The number of morpholine rings is 1. The first-order chi connectivity index (χ1) is 16.7. The van der Waals surface area contributed by atoms with Crippen LogP contribution in [0, 0.1) is 0 Å². The lowest BCUT2D eigenvalue weighted by atomic mass is 10.1. The molecule has 0 bridgehead atoms. The molecule has 9 heteroatoms. The third-order valence-electron chi connectivity index (χ3n) is 5.90. The number of aromatic nitrogens is 3. The zero-order chi connectivity index (χ0) is 23.3. The number of carbonyl (C=O) groups is 1. The van der Waals surface area contributed by atoms with Gasteiger partial charge in [-0.3, -0.25) is 14.3 Å². The Morgan fingerprint density at radius 3 is 2.71 bits per heavy atom. The Morgan fingerprint density at radius 2 is 1.88 bits per heavy atom. The largest absolute Gasteiger partial charge is 0.427 e. The maximum absolute atomic E-state index is 12.5. The molecule has 2 aromatic heterocycles. The Kier molecular flexibility index (Phi) is 6.89. The molecule has 34 heavy (non-hydrogen) atoms. The summed E-state index contributed by atoms with van der Waals surface area (Å²) >= 11 is 6.08. The van der Waals surface area contributed by atoms with E-state index in [1.165, 1.54) is 0 Å². The van der Waals surface area contributed by atoms with Gasteiger partial charge in [-0.1, -0.05) is 35.9 Å². The van der Waals surface area contributed by atoms with Crippen molar-refractivity contribution in [2.24, 2.45) is 0 Å². The number of hydrogen-bond donors (Lipinski definition) is 1. The van der Waals surface area contributed by atoms with E-state index in [1.54, 1.807) is 6.33 Å². The zero-order valence-corrected chi connectivity index (χ0v) is 19.5. The smallest absolute Gasteiger partial charge is 0.308 e. The second-order valence-electron chi connectivity index (χ2n) is 8.18. The Morgan fingerprint density at radius 1 is 1.09 bits per heavy atom. The lowest BCUT2D eigenvalue weighted by Crippen LogP contribution is -2.41. The lowest BCUT2D eigenvalue weighted by molar-refractivity contribution is -0.121. The molecule has 8 nitrogen and oxygen atoms in total. The summed E-state index contributed by atoms with van der Waals surface area (Å²) in [6.07, 6.45) is 2.44. The molecule has 1 N–H and O–H groups in total. The molecular weight excluding hydrogens is 454 g/mol. The van der Waals surface area contributed by atoms with Crippen molar-refractivity contribution in [3.8, 4) is 17.3 Å². The minimum atomic E-state index is -0.0126. The highest BCUT2D eigenvalue weighted by Crippen LogP contribution is 2.29. The Hall–Kier alpha value is -3.20. The molecule has 0 atom stereocenters. The number of fused-ring (bicyclic) bond motifs is 1. The fourth-order valence-corrected chi connectivity index (χ4v) is 4.18. The van der Waals surface area contributed by atoms with Crippen LogP contribution in [0.1, 0.15) is 12.2 Å². The quantitative estimate of drug-likeness (QED) is 0.414. The van der Waals surface area contributed by atoms with Crippen molar-refractivity contribution in [2.75, 3.05) is 39.4 Å². The van der Waals surface area contributed by atoms with Crippen LogP contribution in [-0.4, -0.2) is 64.7 Å². The molecule has 3 heterocycles. The van der Waals surface area contributed by atoms with Crippen LogP contribution in [0.15, 0.2) is 59.3 Å². The van der Waals surface area contributed by atoms with Gasteiger partial charge >= 0.3 is 6.01 Å². The van der Waals surface area contributed by atoms with Gasteiger partial charge in [-0.25, -0.2) is 4.98 Å². The number of amides is 1. The molecule has 2 aromatic carbocycles. The van der Waals surface area contributed by atoms with Gasteiger partial charge in [-0.05, 0) is 24.3 Å². The van der Waals surface area contributed by atoms with Crippen LogP contribution in [0.4, 0.5) is 0 Å². The monoisotopic (exact) mass is 479 g/mol. The second kappa shape index (κ2) is 10.4. The number of rotatable bonds is 8. The van der Waals surface area contributed by atoms with Crippen molar-refractivity contribution in [1.29, 1.82) is 0 Å². The zero-order valence-electron chi connectivity index (χ0n) is 18.7. The summed E-state index contributed by atoms with van der Waals surface area (Å²) in [7, 11) is 0. The molecule has 1 aliphatic rings. The number of nitrogens with zero attached hydrogens (tertiary/aromatic N) is 4. The van der Waals surface area contributed by atoms with Crippen molar-refractivity contribution in [1.82, 2.24) is 24.8 Å². The number of aryl methyl sites for hydroxylation is 1. The molecule has 0 radical (unpaired) electrons. The molecule has 0 saturated carbocycles. The molecule has 1 saturated heterocycles. The number of para-hydroxylation sites is 2. The Bertz CT molecular complexity index is 1260. The summed E-state index contributed by atoms with van der Waals surface area (Å²) in [5, 5.41) is 3.66. The van der Waals surface area contributed by atoms with Gasteiger partial charge in [0.15, 0.2) is 0 Å². The summed E-state index contributed by atoms with van der Waals surface area (Å²) < 4.78 is 13.4. The van der Waals surface area contributed by atoms with Crippen LogP contribution in [-0.2, 0) is 16.0 Å². The van der Waals surface area contributed by atoms with Crippen LogP contribution >= 0.6 is 11.6 Å². The molecular formula is C25H26ClN5O3. The van der Waals surface area contributed by atoms with Gasteiger partial charge in [0.2, 0.25) is 5.91 Å². The summed E-state index contributed by atoms with van der Waals surface area (Å²) in [5.74, 6) is 0.639. The van der Waals surface area contributed by atoms with E-state index in [0.717, 1.165) is 49.4 Å². The molecule has 1 aliphatic heterocycles. The Balaban J connectivity index is 1.32. The van der Waals surface area contributed by atoms with Gasteiger partial charge in [0.25, 0.3) is 0 Å². The van der Waals surface area contributed by atoms with Crippen LogP contribution in [0.5, 0.6) is 0 Å². The number of oxazole rings is 1. The van der Waals surface area contributed by atoms with E-state index < -0.39 is 0 Å². The topological polar surface area (TPSA) is 85.4 Å². The summed E-state index contributed by atoms with van der Waals surface area (Å²) in [6, 6.07) is 15.7. The van der Waals surface area contributed by atoms with Crippen molar-refractivity contribution >= 4 is 28.5 Å². The van der Waals surface area contributed by atoms with E-state index in [9.17, 15) is 4.79 Å². The molecule has 0 spiro atoms. The highest BCUT2D eigenvalue weighted by molar-refractivity contribution is 6.30. The highest BCUT2D eigenvalue weighted by atomic mass is 35.5. The van der Waals surface area contributed by atoms with Gasteiger partial charge in [0.1, 0.15) is 17.8 Å². The van der Waals surface area contributed by atoms with Gasteiger partial charge in [-0.15, -0.1) is 0 Å². The van der Waals surface area contributed by atoms with Crippen LogP contribution in [0.2, 0.25) is 5.02 Å². The molecule has 1 amide bonds. The molecule has 5 rings (SSSR count). The average Bonchev–Trinajstić information content (AvgIpc) is 3.48. The van der Waals surface area contributed by atoms with Crippen molar-refractivity contribution in [2.45, 2.75) is 12.8 Å². The molecule has 176 valence electrons. The van der Waals surface area contributed by atoms with Gasteiger partial charge < -0.3 is 14.5 Å². The number of ether oxygens (including phenoxy) is 1. The fourth-order valence-electron chi connectivity index (χ4n) is 4.05. The van der Waals surface area contributed by atoms with E-state index in [1.807, 2.05) is 53.1 Å². The highest BCUT2D eigenvalue weighted by Gasteiger charge is 2.19. The van der Waals surface area contributed by atoms with Crippen molar-refractivity contribution in [3.05, 3.63) is 65.6 Å². The van der Waals surface area contributed by atoms with E-state index in [0.29, 0.717) is 41.9 Å². The third-order valence-corrected chi connectivity index (χ3v) is 6.15. The fraction of sp³-hybridized carbons (Fsp3) is 0.320. The summed E-state index contributed by atoms with van der Waals surface area (Å²) in [4.78, 5) is 24.0.